The van der Waals surface area contributed by atoms with Crippen LogP contribution in [0.2, 0.25) is 0 Å². The number of nitriles is 1. The van der Waals surface area contributed by atoms with Crippen molar-refractivity contribution >= 4 is 5.78 Å². The Morgan fingerprint density at radius 2 is 1.90 bits per heavy atom. The maximum atomic E-state index is 11.9. The van der Waals surface area contributed by atoms with E-state index in [1.165, 1.54) is 0 Å². The first-order valence-electron chi connectivity index (χ1n) is 6.03. The molecule has 0 saturated heterocycles. The molecule has 4 nitrogen and oxygen atoms in total. The number of hydrogen-bond acceptors (Lipinski definition) is 4. The van der Waals surface area contributed by atoms with Gasteiger partial charge >= 0.3 is 0 Å². The lowest BCUT2D eigenvalue weighted by atomic mass is 10.1. The molecule has 20 heavy (non-hydrogen) atoms. The molecule has 0 aliphatic rings. The molecular weight excluding hydrogens is 254 g/mol. The lowest BCUT2D eigenvalue weighted by molar-refractivity contribution is 0.0921. The van der Waals surface area contributed by atoms with Gasteiger partial charge in [0.05, 0.1) is 18.7 Å². The van der Waals surface area contributed by atoms with E-state index in [0.717, 1.165) is 0 Å². The SMILES string of the molecule is COc1ccc(C(=O)COc2cccc(C#N)c2)cc1. The Morgan fingerprint density at radius 1 is 1.15 bits per heavy atom. The molecule has 0 atom stereocenters. The molecule has 4 heteroatoms. The van der Waals surface area contributed by atoms with Gasteiger partial charge in [0.15, 0.2) is 12.4 Å². The highest BCUT2D eigenvalue weighted by atomic mass is 16.5. The molecule has 2 aromatic carbocycles. The van der Waals surface area contributed by atoms with Crippen LogP contribution in [0.15, 0.2) is 48.5 Å². The van der Waals surface area contributed by atoms with Gasteiger partial charge < -0.3 is 9.47 Å². The summed E-state index contributed by atoms with van der Waals surface area (Å²) in [5.41, 5.74) is 1.06. The predicted octanol–water partition coefficient (Wildman–Crippen LogP) is 2.83. The molecule has 0 fully saturated rings. The van der Waals surface area contributed by atoms with Crippen molar-refractivity contribution < 1.29 is 14.3 Å². The van der Waals surface area contributed by atoms with E-state index >= 15 is 0 Å². The first-order valence-corrected chi connectivity index (χ1v) is 6.03. The van der Waals surface area contributed by atoms with E-state index in [2.05, 4.69) is 0 Å². The van der Waals surface area contributed by atoms with Crippen LogP contribution < -0.4 is 9.47 Å². The van der Waals surface area contributed by atoms with Crippen molar-refractivity contribution in [2.75, 3.05) is 13.7 Å². The lowest BCUT2D eigenvalue weighted by Gasteiger charge is -2.06. The van der Waals surface area contributed by atoms with E-state index in [1.54, 1.807) is 55.6 Å². The maximum absolute atomic E-state index is 11.9. The van der Waals surface area contributed by atoms with Crippen LogP contribution in [0.4, 0.5) is 0 Å². The summed E-state index contributed by atoms with van der Waals surface area (Å²) >= 11 is 0. The highest BCUT2D eigenvalue weighted by molar-refractivity contribution is 5.97. The van der Waals surface area contributed by atoms with Crippen LogP contribution in [0.5, 0.6) is 11.5 Å². The second kappa shape index (κ2) is 6.39. The number of hydrogen-bond donors (Lipinski definition) is 0. The highest BCUT2D eigenvalue weighted by Crippen LogP contribution is 2.14. The molecule has 0 heterocycles. The van der Waals surface area contributed by atoms with Crippen LogP contribution in [0, 0.1) is 11.3 Å². The number of benzene rings is 2. The molecule has 0 saturated carbocycles. The number of ether oxygens (including phenoxy) is 2. The lowest BCUT2D eigenvalue weighted by Crippen LogP contribution is -2.11. The standard InChI is InChI=1S/C16H13NO3/c1-19-14-7-5-13(6-8-14)16(18)11-20-15-4-2-3-12(9-15)10-17/h2-9H,11H2,1H3. The number of carbonyl (C=O) groups is 1. The summed E-state index contributed by atoms with van der Waals surface area (Å²) in [5, 5.41) is 8.78. The third-order valence-electron chi connectivity index (χ3n) is 2.75. The van der Waals surface area contributed by atoms with E-state index in [-0.39, 0.29) is 12.4 Å². The average Bonchev–Trinajstić information content (AvgIpc) is 2.53. The molecule has 0 N–H and O–H groups in total. The summed E-state index contributed by atoms with van der Waals surface area (Å²) in [6, 6.07) is 15.6. The fraction of sp³-hybridized carbons (Fsp3) is 0.125. The Morgan fingerprint density at radius 3 is 2.55 bits per heavy atom. The Balaban J connectivity index is 1.99. The van der Waals surface area contributed by atoms with Gasteiger partial charge in [-0.2, -0.15) is 5.26 Å². The van der Waals surface area contributed by atoms with Crippen LogP contribution >= 0.6 is 0 Å². The van der Waals surface area contributed by atoms with Crippen LogP contribution in [0.25, 0.3) is 0 Å². The van der Waals surface area contributed by atoms with Gasteiger partial charge in [0.1, 0.15) is 11.5 Å². The molecule has 0 unspecified atom stereocenters. The number of nitrogens with zero attached hydrogens (tertiary/aromatic N) is 1. The molecule has 0 aromatic heterocycles. The Kier molecular flexibility index (Phi) is 4.35. The molecule has 0 spiro atoms. The van der Waals surface area contributed by atoms with Crippen LogP contribution in [0.1, 0.15) is 15.9 Å². The molecule has 0 bridgehead atoms. The van der Waals surface area contributed by atoms with Crippen molar-refractivity contribution in [2.45, 2.75) is 0 Å². The second-order valence-electron chi connectivity index (χ2n) is 4.08. The smallest absolute Gasteiger partial charge is 0.200 e. The molecule has 0 amide bonds. The summed E-state index contributed by atoms with van der Waals surface area (Å²) in [7, 11) is 1.57. The summed E-state index contributed by atoms with van der Waals surface area (Å²) in [5.74, 6) is 1.07. The van der Waals surface area contributed by atoms with Crippen molar-refractivity contribution in [3.8, 4) is 17.6 Å². The van der Waals surface area contributed by atoms with E-state index < -0.39 is 0 Å². The third-order valence-corrected chi connectivity index (χ3v) is 2.75. The van der Waals surface area contributed by atoms with Gasteiger partial charge in [0, 0.05) is 5.56 Å². The Bertz CT molecular complexity index is 642. The van der Waals surface area contributed by atoms with Crippen LogP contribution in [0.3, 0.4) is 0 Å². The quantitative estimate of drug-likeness (QED) is 0.781. The topological polar surface area (TPSA) is 59.3 Å². The molecule has 0 radical (unpaired) electrons. The normalized spacial score (nSPS) is 9.60. The second-order valence-corrected chi connectivity index (χ2v) is 4.08. The molecule has 0 aliphatic heterocycles. The van der Waals surface area contributed by atoms with Crippen LogP contribution in [-0.2, 0) is 0 Å². The molecule has 0 aliphatic carbocycles. The molecule has 2 aromatic rings. The van der Waals surface area contributed by atoms with Crippen molar-refractivity contribution in [3.63, 3.8) is 0 Å². The monoisotopic (exact) mass is 267 g/mol. The number of carbonyl (C=O) groups excluding carboxylic acids is 1. The fourth-order valence-corrected chi connectivity index (χ4v) is 1.66. The Labute approximate surface area is 117 Å². The third kappa shape index (κ3) is 3.36. The summed E-state index contributed by atoms with van der Waals surface area (Å²) < 4.78 is 10.4. The average molecular weight is 267 g/mol. The van der Waals surface area contributed by atoms with E-state index in [9.17, 15) is 4.79 Å². The Hall–Kier alpha value is -2.80. The van der Waals surface area contributed by atoms with E-state index in [4.69, 9.17) is 14.7 Å². The van der Waals surface area contributed by atoms with Crippen molar-refractivity contribution in [2.24, 2.45) is 0 Å². The van der Waals surface area contributed by atoms with Gasteiger partial charge in [-0.25, -0.2) is 0 Å². The van der Waals surface area contributed by atoms with Gasteiger partial charge in [0.25, 0.3) is 0 Å². The minimum Gasteiger partial charge on any atom is -0.497 e. The zero-order valence-corrected chi connectivity index (χ0v) is 11.0. The van der Waals surface area contributed by atoms with Crippen molar-refractivity contribution in [3.05, 3.63) is 59.7 Å². The minimum atomic E-state index is -0.130. The van der Waals surface area contributed by atoms with Crippen molar-refractivity contribution in [1.29, 1.82) is 5.26 Å². The number of ketones is 1. The largest absolute Gasteiger partial charge is 0.497 e. The number of Topliss-reactive ketones (excluding diaryl/α,β-unsaturated/α-hetero) is 1. The van der Waals surface area contributed by atoms with Crippen molar-refractivity contribution in [1.82, 2.24) is 0 Å². The number of methoxy groups -OCH3 is 1. The van der Waals surface area contributed by atoms with Gasteiger partial charge in [-0.05, 0) is 42.5 Å². The zero-order chi connectivity index (χ0) is 14.4. The number of rotatable bonds is 5. The summed E-state index contributed by atoms with van der Waals surface area (Å²) in [4.78, 5) is 11.9. The molecule has 2 rings (SSSR count). The zero-order valence-electron chi connectivity index (χ0n) is 11.0. The van der Waals surface area contributed by atoms with E-state index in [0.29, 0.717) is 22.6 Å². The van der Waals surface area contributed by atoms with Gasteiger partial charge in [0.2, 0.25) is 0 Å². The highest BCUT2D eigenvalue weighted by Gasteiger charge is 2.07. The van der Waals surface area contributed by atoms with Gasteiger partial charge in [-0.3, -0.25) is 4.79 Å². The predicted molar refractivity (Wildman–Crippen MR) is 74.0 cm³/mol. The fourth-order valence-electron chi connectivity index (χ4n) is 1.66. The van der Waals surface area contributed by atoms with Crippen LogP contribution in [-0.4, -0.2) is 19.5 Å². The molecule has 100 valence electrons. The van der Waals surface area contributed by atoms with Gasteiger partial charge in [-0.1, -0.05) is 6.07 Å². The first-order chi connectivity index (χ1) is 9.72. The summed E-state index contributed by atoms with van der Waals surface area (Å²) in [6.45, 7) is -0.0682. The molecular formula is C16H13NO3. The van der Waals surface area contributed by atoms with E-state index in [1.807, 2.05) is 6.07 Å². The minimum absolute atomic E-state index is 0.0682. The summed E-state index contributed by atoms with van der Waals surface area (Å²) in [6.07, 6.45) is 0. The first kappa shape index (κ1) is 13.6. The maximum Gasteiger partial charge on any atom is 0.200 e. The van der Waals surface area contributed by atoms with Gasteiger partial charge in [-0.15, -0.1) is 0 Å².